The number of para-hydroxylation sites is 1. The van der Waals surface area contributed by atoms with Crippen LogP contribution in [0, 0.1) is 5.92 Å². The van der Waals surface area contributed by atoms with Crippen LogP contribution in [0.15, 0.2) is 28.8 Å². The minimum atomic E-state index is 0.141. The molecule has 0 aliphatic carbocycles. The van der Waals surface area contributed by atoms with Gasteiger partial charge in [-0.25, -0.2) is 0 Å². The van der Waals surface area contributed by atoms with Gasteiger partial charge in [0.1, 0.15) is 5.69 Å². The van der Waals surface area contributed by atoms with Gasteiger partial charge in [0.05, 0.1) is 6.42 Å². The predicted molar refractivity (Wildman–Crippen MR) is 76.3 cm³/mol. The van der Waals surface area contributed by atoms with Crippen molar-refractivity contribution in [2.24, 2.45) is 5.92 Å². The molecule has 0 spiro atoms. The second-order valence-corrected chi connectivity index (χ2v) is 5.35. The number of amides is 1. The van der Waals surface area contributed by atoms with Gasteiger partial charge in [0, 0.05) is 18.5 Å². The zero-order valence-corrected chi connectivity index (χ0v) is 11.6. The molecule has 1 aromatic carbocycles. The monoisotopic (exact) mass is 273 g/mol. The summed E-state index contributed by atoms with van der Waals surface area (Å²) in [5.41, 5.74) is 1.48. The van der Waals surface area contributed by atoms with E-state index in [1.807, 2.05) is 36.2 Å². The Hall–Kier alpha value is -1.88. The summed E-state index contributed by atoms with van der Waals surface area (Å²) in [6.07, 6.45) is 1.40. The minimum absolute atomic E-state index is 0.141. The van der Waals surface area contributed by atoms with E-state index in [0.717, 1.165) is 42.7 Å². The molecule has 0 radical (unpaired) electrons. The van der Waals surface area contributed by atoms with Crippen LogP contribution < -0.4 is 5.32 Å². The van der Waals surface area contributed by atoms with E-state index in [2.05, 4.69) is 10.5 Å². The maximum atomic E-state index is 12.3. The van der Waals surface area contributed by atoms with E-state index in [1.165, 1.54) is 0 Å². The highest BCUT2D eigenvalue weighted by Crippen LogP contribution is 2.21. The van der Waals surface area contributed by atoms with Crippen molar-refractivity contribution in [3.05, 3.63) is 30.0 Å². The van der Waals surface area contributed by atoms with Crippen LogP contribution >= 0.6 is 0 Å². The molecule has 2 aromatic rings. The summed E-state index contributed by atoms with van der Waals surface area (Å²) < 4.78 is 5.24. The van der Waals surface area contributed by atoms with Gasteiger partial charge < -0.3 is 14.7 Å². The van der Waals surface area contributed by atoms with Gasteiger partial charge in [0.2, 0.25) is 5.91 Å². The van der Waals surface area contributed by atoms with Crippen LogP contribution in [0.5, 0.6) is 0 Å². The number of carbonyl (C=O) groups is 1. The second-order valence-electron chi connectivity index (χ2n) is 5.35. The van der Waals surface area contributed by atoms with Gasteiger partial charge in [-0.15, -0.1) is 0 Å². The maximum absolute atomic E-state index is 12.3. The lowest BCUT2D eigenvalue weighted by Gasteiger charge is -2.15. The molecule has 1 fully saturated rings. The fourth-order valence-corrected chi connectivity index (χ4v) is 2.84. The first-order valence-corrected chi connectivity index (χ1v) is 7.03. The average Bonchev–Trinajstić information content (AvgIpc) is 3.07. The van der Waals surface area contributed by atoms with E-state index in [-0.39, 0.29) is 5.91 Å². The van der Waals surface area contributed by atoms with E-state index in [0.29, 0.717) is 12.3 Å². The lowest BCUT2D eigenvalue weighted by molar-refractivity contribution is -0.129. The number of nitrogens with one attached hydrogen (secondary N) is 1. The molecule has 5 heteroatoms. The molecule has 106 valence electrons. The Balaban J connectivity index is 1.67. The molecule has 3 rings (SSSR count). The number of aromatic nitrogens is 1. The van der Waals surface area contributed by atoms with E-state index < -0.39 is 0 Å². The van der Waals surface area contributed by atoms with E-state index in [9.17, 15) is 4.79 Å². The molecule has 1 saturated heterocycles. The number of fused-ring (bicyclic) bond motifs is 1. The lowest BCUT2D eigenvalue weighted by Crippen LogP contribution is -2.31. The number of likely N-dealkylation sites (tertiary alicyclic amines) is 1. The van der Waals surface area contributed by atoms with Crippen molar-refractivity contribution in [3.63, 3.8) is 0 Å². The number of nitrogens with zero attached hydrogens (tertiary/aromatic N) is 2. The van der Waals surface area contributed by atoms with Crippen LogP contribution in [0.3, 0.4) is 0 Å². The third kappa shape index (κ3) is 2.54. The average molecular weight is 273 g/mol. The SMILES string of the molecule is CNCC1CCN(C(=O)Cc2noc3ccccc23)C1. The summed E-state index contributed by atoms with van der Waals surface area (Å²) in [6, 6.07) is 7.66. The molecule has 5 nitrogen and oxygen atoms in total. The van der Waals surface area contributed by atoms with Crippen LogP contribution in [0.2, 0.25) is 0 Å². The standard InChI is InChI=1S/C15H19N3O2/c1-16-9-11-6-7-18(10-11)15(19)8-13-12-4-2-3-5-14(12)20-17-13/h2-5,11,16H,6-10H2,1H3. The fourth-order valence-electron chi connectivity index (χ4n) is 2.84. The summed E-state index contributed by atoms with van der Waals surface area (Å²) >= 11 is 0. The summed E-state index contributed by atoms with van der Waals surface area (Å²) in [5.74, 6) is 0.709. The van der Waals surface area contributed by atoms with Crippen LogP contribution in [0.1, 0.15) is 12.1 Å². The zero-order chi connectivity index (χ0) is 13.9. The first kappa shape index (κ1) is 13.1. The van der Waals surface area contributed by atoms with Gasteiger partial charge in [0.25, 0.3) is 0 Å². The Morgan fingerprint density at radius 1 is 1.50 bits per heavy atom. The Labute approximate surface area is 117 Å². The lowest BCUT2D eigenvalue weighted by atomic mass is 10.1. The second kappa shape index (κ2) is 5.63. The zero-order valence-electron chi connectivity index (χ0n) is 11.6. The molecule has 2 heterocycles. The van der Waals surface area contributed by atoms with Crippen molar-refractivity contribution in [3.8, 4) is 0 Å². The molecular formula is C15H19N3O2. The van der Waals surface area contributed by atoms with Crippen LogP contribution in [-0.4, -0.2) is 42.6 Å². The number of hydrogen-bond donors (Lipinski definition) is 1. The van der Waals surface area contributed by atoms with Crippen molar-refractivity contribution >= 4 is 16.9 Å². The van der Waals surface area contributed by atoms with Crippen molar-refractivity contribution in [1.29, 1.82) is 0 Å². The topological polar surface area (TPSA) is 58.4 Å². The number of carbonyl (C=O) groups excluding carboxylic acids is 1. The molecule has 0 bridgehead atoms. The summed E-state index contributed by atoms with van der Waals surface area (Å²) in [6.45, 7) is 2.66. The number of benzene rings is 1. The van der Waals surface area contributed by atoms with Gasteiger partial charge in [-0.05, 0) is 38.1 Å². The van der Waals surface area contributed by atoms with Crippen molar-refractivity contribution < 1.29 is 9.32 Å². The Morgan fingerprint density at radius 2 is 2.35 bits per heavy atom. The van der Waals surface area contributed by atoms with E-state index >= 15 is 0 Å². The van der Waals surface area contributed by atoms with Gasteiger partial charge in [-0.3, -0.25) is 4.79 Å². The highest BCUT2D eigenvalue weighted by Gasteiger charge is 2.26. The largest absolute Gasteiger partial charge is 0.356 e. The highest BCUT2D eigenvalue weighted by atomic mass is 16.5. The molecule has 1 aliphatic rings. The third-order valence-electron chi connectivity index (χ3n) is 3.90. The third-order valence-corrected chi connectivity index (χ3v) is 3.90. The maximum Gasteiger partial charge on any atom is 0.228 e. The van der Waals surface area contributed by atoms with Gasteiger partial charge in [-0.1, -0.05) is 17.3 Å². The summed E-state index contributed by atoms with van der Waals surface area (Å²) in [4.78, 5) is 14.3. The smallest absolute Gasteiger partial charge is 0.228 e. The normalized spacial score (nSPS) is 18.9. The quantitative estimate of drug-likeness (QED) is 0.915. The predicted octanol–water partition coefficient (Wildman–Crippen LogP) is 1.44. The molecule has 1 aromatic heterocycles. The molecule has 0 saturated carbocycles. The van der Waals surface area contributed by atoms with E-state index in [1.54, 1.807) is 0 Å². The molecule has 1 amide bonds. The van der Waals surface area contributed by atoms with Crippen LogP contribution in [-0.2, 0) is 11.2 Å². The van der Waals surface area contributed by atoms with Gasteiger partial charge in [0.15, 0.2) is 5.58 Å². The Kier molecular flexibility index (Phi) is 3.69. The molecule has 1 unspecified atom stereocenters. The summed E-state index contributed by atoms with van der Waals surface area (Å²) in [5, 5.41) is 8.14. The van der Waals surface area contributed by atoms with Crippen molar-refractivity contribution in [2.45, 2.75) is 12.8 Å². The molecule has 20 heavy (non-hydrogen) atoms. The molecular weight excluding hydrogens is 254 g/mol. The van der Waals surface area contributed by atoms with Crippen LogP contribution in [0.4, 0.5) is 0 Å². The van der Waals surface area contributed by atoms with Crippen molar-refractivity contribution in [1.82, 2.24) is 15.4 Å². The summed E-state index contributed by atoms with van der Waals surface area (Å²) in [7, 11) is 1.95. The number of rotatable bonds is 4. The van der Waals surface area contributed by atoms with E-state index in [4.69, 9.17) is 4.52 Å². The fraction of sp³-hybridized carbons (Fsp3) is 0.467. The van der Waals surface area contributed by atoms with Gasteiger partial charge >= 0.3 is 0 Å². The Bertz CT molecular complexity index is 608. The van der Waals surface area contributed by atoms with Crippen LogP contribution in [0.25, 0.3) is 11.0 Å². The first-order chi connectivity index (χ1) is 9.78. The molecule has 1 atom stereocenters. The molecule has 1 N–H and O–H groups in total. The number of hydrogen-bond acceptors (Lipinski definition) is 4. The first-order valence-electron chi connectivity index (χ1n) is 7.03. The minimum Gasteiger partial charge on any atom is -0.356 e. The molecule has 1 aliphatic heterocycles. The van der Waals surface area contributed by atoms with Crippen molar-refractivity contribution in [2.75, 3.05) is 26.7 Å². The van der Waals surface area contributed by atoms with Gasteiger partial charge in [-0.2, -0.15) is 0 Å². The highest BCUT2D eigenvalue weighted by molar-refractivity contribution is 5.86. The Morgan fingerprint density at radius 3 is 3.20 bits per heavy atom.